The minimum absolute atomic E-state index is 0.221. The molecule has 0 saturated carbocycles. The predicted octanol–water partition coefficient (Wildman–Crippen LogP) is 2.98. The molecule has 1 aromatic rings. The summed E-state index contributed by atoms with van der Waals surface area (Å²) >= 11 is 0. The van der Waals surface area contributed by atoms with Crippen LogP contribution >= 0.6 is 0 Å². The number of allylic oxidation sites excluding steroid dienone is 1. The summed E-state index contributed by atoms with van der Waals surface area (Å²) < 4.78 is 11.3. The van der Waals surface area contributed by atoms with Crippen LogP contribution in [0.15, 0.2) is 47.7 Å². The molecule has 188 valence electrons. The van der Waals surface area contributed by atoms with Crippen molar-refractivity contribution in [3.05, 3.63) is 42.8 Å². The number of anilines is 1. The zero-order valence-electron chi connectivity index (χ0n) is 20.7. The Morgan fingerprint density at radius 3 is 2.79 bits per heavy atom. The molecule has 0 spiro atoms. The third-order valence-electron chi connectivity index (χ3n) is 6.21. The largest absolute Gasteiger partial charge is 0.493 e. The summed E-state index contributed by atoms with van der Waals surface area (Å²) in [5, 5.41) is 20.4. The van der Waals surface area contributed by atoms with Crippen molar-refractivity contribution in [2.75, 3.05) is 58.3 Å². The molecule has 0 aromatic heterocycles. The van der Waals surface area contributed by atoms with Crippen LogP contribution in [0.1, 0.15) is 32.6 Å². The molecule has 2 heterocycles. The van der Waals surface area contributed by atoms with E-state index in [1.54, 1.807) is 13.3 Å². The second-order valence-corrected chi connectivity index (χ2v) is 9.09. The van der Waals surface area contributed by atoms with E-state index in [-0.39, 0.29) is 6.61 Å². The third-order valence-corrected chi connectivity index (χ3v) is 6.21. The van der Waals surface area contributed by atoms with Gasteiger partial charge in [-0.25, -0.2) is 4.99 Å². The minimum Gasteiger partial charge on any atom is -0.493 e. The van der Waals surface area contributed by atoms with Crippen LogP contribution < -0.4 is 25.4 Å². The Morgan fingerprint density at radius 2 is 2.06 bits per heavy atom. The number of β-amino-alcohol motifs (C(OH)–C–C–N with tert-alkyl or cyclic N) is 1. The molecule has 0 aliphatic carbocycles. The number of benzene rings is 1. The van der Waals surface area contributed by atoms with Crippen LogP contribution in [0.25, 0.3) is 0 Å². The van der Waals surface area contributed by atoms with E-state index in [0.717, 1.165) is 49.9 Å². The zero-order valence-corrected chi connectivity index (χ0v) is 20.7. The average molecular weight is 472 g/mol. The predicted molar refractivity (Wildman–Crippen MR) is 139 cm³/mol. The van der Waals surface area contributed by atoms with Gasteiger partial charge in [-0.2, -0.15) is 0 Å². The molecule has 8 nitrogen and oxygen atoms in total. The Bertz CT molecular complexity index is 830. The molecule has 4 N–H and O–H groups in total. The van der Waals surface area contributed by atoms with E-state index in [1.807, 2.05) is 31.2 Å². The molecule has 0 radical (unpaired) electrons. The van der Waals surface area contributed by atoms with E-state index in [9.17, 15) is 5.11 Å². The maximum absolute atomic E-state index is 10.3. The molecule has 2 aliphatic heterocycles. The molecule has 2 saturated heterocycles. The van der Waals surface area contributed by atoms with E-state index in [1.165, 1.54) is 25.7 Å². The standard InChI is InChI=1S/C26H41N5O3/c1-20(29-17-22-9-11-27-12-10-22)8-13-28-21(2)30-23-6-7-25(33-3)26(16-23)34-19-24(32)18-31-14-4-5-15-31/h6-8,13,16,22,24,27,29,32H,1,4-5,9-12,14-15,17-19H2,2-3H3,(H,28,30)/b13-8-. The van der Waals surface area contributed by atoms with Crippen molar-refractivity contribution in [2.45, 2.75) is 38.7 Å². The summed E-state index contributed by atoms with van der Waals surface area (Å²) in [7, 11) is 1.61. The lowest BCUT2D eigenvalue weighted by atomic mass is 9.98. The van der Waals surface area contributed by atoms with Crippen LogP contribution in [0.5, 0.6) is 11.5 Å². The van der Waals surface area contributed by atoms with Crippen molar-refractivity contribution >= 4 is 11.5 Å². The van der Waals surface area contributed by atoms with E-state index in [0.29, 0.717) is 24.0 Å². The molecule has 1 atom stereocenters. The maximum atomic E-state index is 10.3. The molecule has 1 unspecified atom stereocenters. The number of aliphatic hydroxyl groups excluding tert-OH is 1. The van der Waals surface area contributed by atoms with Gasteiger partial charge in [0.25, 0.3) is 0 Å². The molecule has 3 rings (SSSR count). The van der Waals surface area contributed by atoms with Crippen molar-refractivity contribution in [3.63, 3.8) is 0 Å². The highest BCUT2D eigenvalue weighted by atomic mass is 16.5. The van der Waals surface area contributed by atoms with Gasteiger partial charge in [0.2, 0.25) is 0 Å². The number of rotatable bonds is 12. The van der Waals surface area contributed by atoms with Gasteiger partial charge < -0.3 is 35.4 Å². The zero-order chi connectivity index (χ0) is 24.2. The number of hydrogen-bond acceptors (Lipinski definition) is 7. The Hall–Kier alpha value is -2.55. The number of hydrogen-bond donors (Lipinski definition) is 4. The summed E-state index contributed by atoms with van der Waals surface area (Å²) in [5.74, 6) is 2.66. The molecule has 8 heteroatoms. The van der Waals surface area contributed by atoms with Gasteiger partial charge in [-0.1, -0.05) is 6.58 Å². The van der Waals surface area contributed by atoms with Gasteiger partial charge in [0, 0.05) is 36.7 Å². The molecular weight excluding hydrogens is 430 g/mol. The number of ether oxygens (including phenoxy) is 2. The number of aliphatic hydroxyl groups is 1. The van der Waals surface area contributed by atoms with Crippen LogP contribution in [0.4, 0.5) is 5.69 Å². The first-order chi connectivity index (χ1) is 16.5. The summed E-state index contributed by atoms with van der Waals surface area (Å²) in [5.41, 5.74) is 1.70. The van der Waals surface area contributed by atoms with E-state index in [2.05, 4.69) is 32.4 Å². The minimum atomic E-state index is -0.538. The number of nitrogens with zero attached hydrogens (tertiary/aromatic N) is 2. The molecule has 2 aliphatic rings. The van der Waals surface area contributed by atoms with E-state index >= 15 is 0 Å². The van der Waals surface area contributed by atoms with Crippen LogP contribution in [0.2, 0.25) is 0 Å². The van der Waals surface area contributed by atoms with Crippen LogP contribution in [0.3, 0.4) is 0 Å². The number of amidine groups is 1. The van der Waals surface area contributed by atoms with Crippen molar-refractivity contribution in [3.8, 4) is 11.5 Å². The summed E-state index contributed by atoms with van der Waals surface area (Å²) in [4.78, 5) is 6.73. The van der Waals surface area contributed by atoms with Crippen LogP contribution in [0, 0.1) is 5.92 Å². The van der Waals surface area contributed by atoms with E-state index in [4.69, 9.17) is 9.47 Å². The first-order valence-electron chi connectivity index (χ1n) is 12.4. The number of aliphatic imine (C=N–C) groups is 1. The number of methoxy groups -OCH3 is 1. The Labute approximate surface area is 204 Å². The monoisotopic (exact) mass is 471 g/mol. The highest BCUT2D eigenvalue weighted by Crippen LogP contribution is 2.30. The molecular formula is C26H41N5O3. The van der Waals surface area contributed by atoms with Crippen molar-refractivity contribution in [1.29, 1.82) is 0 Å². The smallest absolute Gasteiger partial charge is 0.163 e. The first-order valence-corrected chi connectivity index (χ1v) is 12.4. The number of piperidine rings is 1. The SMILES string of the molecule is C=C(/C=C\N=C(C)Nc1ccc(OC)c(OCC(O)CN2CCCC2)c1)NCC1CCNCC1. The summed E-state index contributed by atoms with van der Waals surface area (Å²) in [6, 6.07) is 5.62. The molecule has 2 fully saturated rings. The quantitative estimate of drug-likeness (QED) is 0.212. The van der Waals surface area contributed by atoms with Crippen LogP contribution in [-0.2, 0) is 0 Å². The van der Waals surface area contributed by atoms with E-state index < -0.39 is 6.10 Å². The molecule has 0 bridgehead atoms. The topological polar surface area (TPSA) is 90.4 Å². The first kappa shape index (κ1) is 26.1. The van der Waals surface area contributed by atoms with Gasteiger partial charge in [0.15, 0.2) is 11.5 Å². The van der Waals surface area contributed by atoms with Crippen molar-refractivity contribution < 1.29 is 14.6 Å². The third kappa shape index (κ3) is 9.00. The van der Waals surface area contributed by atoms with Gasteiger partial charge in [-0.15, -0.1) is 0 Å². The van der Waals surface area contributed by atoms with Gasteiger partial charge in [-0.3, -0.25) is 0 Å². The lowest BCUT2D eigenvalue weighted by Gasteiger charge is -2.23. The summed E-state index contributed by atoms with van der Waals surface area (Å²) in [6.07, 6.45) is 7.91. The number of likely N-dealkylation sites (tertiary alicyclic amines) is 1. The maximum Gasteiger partial charge on any atom is 0.163 e. The highest BCUT2D eigenvalue weighted by molar-refractivity contribution is 5.94. The summed E-state index contributed by atoms with van der Waals surface area (Å²) in [6.45, 7) is 12.1. The average Bonchev–Trinajstić information content (AvgIpc) is 3.35. The van der Waals surface area contributed by atoms with Gasteiger partial charge >= 0.3 is 0 Å². The lowest BCUT2D eigenvalue weighted by molar-refractivity contribution is 0.0747. The second kappa shape index (κ2) is 14.0. The fourth-order valence-electron chi connectivity index (χ4n) is 4.27. The van der Waals surface area contributed by atoms with Gasteiger partial charge in [0.1, 0.15) is 18.5 Å². The van der Waals surface area contributed by atoms with Crippen molar-refractivity contribution in [2.24, 2.45) is 10.9 Å². The molecule has 34 heavy (non-hydrogen) atoms. The normalized spacial score (nSPS) is 18.7. The Balaban J connectivity index is 1.46. The van der Waals surface area contributed by atoms with Gasteiger partial charge in [0.05, 0.1) is 7.11 Å². The Kier molecular flexibility index (Phi) is 10.7. The number of nitrogens with one attached hydrogen (secondary N) is 3. The highest BCUT2D eigenvalue weighted by Gasteiger charge is 2.17. The second-order valence-electron chi connectivity index (χ2n) is 9.09. The van der Waals surface area contributed by atoms with Crippen LogP contribution in [-0.4, -0.2) is 74.9 Å². The van der Waals surface area contributed by atoms with Gasteiger partial charge in [-0.05, 0) is 82.9 Å². The Morgan fingerprint density at radius 1 is 1.29 bits per heavy atom. The lowest BCUT2D eigenvalue weighted by Crippen LogP contribution is -2.33. The molecule has 0 amide bonds. The molecule has 1 aromatic carbocycles. The van der Waals surface area contributed by atoms with Crippen molar-refractivity contribution in [1.82, 2.24) is 15.5 Å². The fraction of sp³-hybridized carbons (Fsp3) is 0.577. The fourth-order valence-corrected chi connectivity index (χ4v) is 4.27.